The van der Waals surface area contributed by atoms with Gasteiger partial charge in [-0.15, -0.1) is 0 Å². The van der Waals surface area contributed by atoms with Gasteiger partial charge >= 0.3 is 6.03 Å². The molecular weight excluding hydrogens is 270 g/mol. The van der Waals surface area contributed by atoms with Crippen molar-refractivity contribution >= 4 is 11.9 Å². The molecule has 0 radical (unpaired) electrons. The largest absolute Gasteiger partial charge is 0.371 e. The van der Waals surface area contributed by atoms with E-state index in [2.05, 4.69) is 45.0 Å². The number of carbonyl (C=O) groups is 2. The van der Waals surface area contributed by atoms with Gasteiger partial charge in [0.25, 0.3) is 5.91 Å². The topological polar surface area (TPSA) is 65.2 Å². The number of urea groups is 1. The fraction of sp³-hybridized carbons (Fsp3) is 0.867. The molecule has 0 aromatic carbocycles. The Kier molecular flexibility index (Phi) is 2.95. The molecule has 3 saturated heterocycles. The zero-order chi connectivity index (χ0) is 15.6. The van der Waals surface area contributed by atoms with E-state index < -0.39 is 5.54 Å². The van der Waals surface area contributed by atoms with Gasteiger partial charge in [0.1, 0.15) is 5.54 Å². The lowest BCUT2D eigenvalue weighted by Crippen LogP contribution is -2.68. The van der Waals surface area contributed by atoms with Crippen LogP contribution in [0.15, 0.2) is 0 Å². The second-order valence-corrected chi connectivity index (χ2v) is 7.92. The van der Waals surface area contributed by atoms with Gasteiger partial charge in [-0.2, -0.15) is 0 Å². The van der Waals surface area contributed by atoms with Gasteiger partial charge in [0.15, 0.2) is 0 Å². The minimum absolute atomic E-state index is 0.0298. The summed E-state index contributed by atoms with van der Waals surface area (Å²) < 4.78 is 5.16. The number of nitrogens with one attached hydrogen (secondary N) is 1. The Bertz CT molecular complexity index is 478. The summed E-state index contributed by atoms with van der Waals surface area (Å²) in [5.41, 5.74) is -1.08. The molecule has 3 amide bonds. The van der Waals surface area contributed by atoms with Crippen LogP contribution in [0.2, 0.25) is 0 Å². The molecule has 3 aliphatic heterocycles. The van der Waals surface area contributed by atoms with Gasteiger partial charge < -0.3 is 10.1 Å². The molecule has 3 rings (SSSR count). The van der Waals surface area contributed by atoms with E-state index in [0.29, 0.717) is 26.0 Å². The van der Waals surface area contributed by atoms with E-state index in [-0.39, 0.29) is 29.1 Å². The summed E-state index contributed by atoms with van der Waals surface area (Å²) in [5, 5.41) is 2.99. The SMILES string of the molecule is CN1C(C)(C)CC2(CC1(C)C)NC(=O)N(CC1CO1)C2=O. The Morgan fingerprint density at radius 3 is 2.19 bits per heavy atom. The lowest BCUT2D eigenvalue weighted by atomic mass is 9.69. The van der Waals surface area contributed by atoms with E-state index in [9.17, 15) is 9.59 Å². The summed E-state index contributed by atoms with van der Waals surface area (Å²) in [4.78, 5) is 28.8. The third kappa shape index (κ3) is 2.25. The third-order valence-corrected chi connectivity index (χ3v) is 5.32. The summed E-state index contributed by atoms with van der Waals surface area (Å²) in [7, 11) is 2.09. The Morgan fingerprint density at radius 1 is 1.19 bits per heavy atom. The van der Waals surface area contributed by atoms with Gasteiger partial charge in [-0.1, -0.05) is 0 Å². The second-order valence-electron chi connectivity index (χ2n) is 7.92. The monoisotopic (exact) mass is 295 g/mol. The number of nitrogens with zero attached hydrogens (tertiary/aromatic N) is 2. The van der Waals surface area contributed by atoms with Crippen molar-refractivity contribution in [2.45, 2.75) is 63.3 Å². The van der Waals surface area contributed by atoms with Gasteiger partial charge in [0.05, 0.1) is 19.3 Å². The molecule has 21 heavy (non-hydrogen) atoms. The number of piperidine rings is 1. The van der Waals surface area contributed by atoms with Crippen LogP contribution >= 0.6 is 0 Å². The number of epoxide rings is 1. The molecule has 6 heteroatoms. The van der Waals surface area contributed by atoms with Crippen molar-refractivity contribution in [3.63, 3.8) is 0 Å². The first kappa shape index (κ1) is 14.8. The van der Waals surface area contributed by atoms with Gasteiger partial charge in [0.2, 0.25) is 0 Å². The number of likely N-dealkylation sites (tertiary alicyclic amines) is 1. The molecule has 6 nitrogen and oxygen atoms in total. The maximum atomic E-state index is 12.9. The number of hydrogen-bond acceptors (Lipinski definition) is 4. The summed E-state index contributed by atoms with van der Waals surface area (Å²) in [5.74, 6) is -0.0859. The van der Waals surface area contributed by atoms with E-state index in [4.69, 9.17) is 4.74 Å². The van der Waals surface area contributed by atoms with Crippen molar-refractivity contribution in [2.24, 2.45) is 0 Å². The molecule has 3 aliphatic rings. The first-order valence-electron chi connectivity index (χ1n) is 7.57. The molecule has 0 bridgehead atoms. The third-order valence-electron chi connectivity index (χ3n) is 5.32. The summed E-state index contributed by atoms with van der Waals surface area (Å²) in [6.45, 7) is 9.53. The van der Waals surface area contributed by atoms with Crippen LogP contribution < -0.4 is 5.32 Å². The average Bonchev–Trinajstić information content (AvgIpc) is 3.11. The molecule has 0 aromatic heterocycles. The molecule has 0 saturated carbocycles. The number of carbonyl (C=O) groups excluding carboxylic acids is 2. The van der Waals surface area contributed by atoms with Gasteiger partial charge in [-0.25, -0.2) is 4.79 Å². The highest BCUT2D eigenvalue weighted by molar-refractivity contribution is 6.07. The lowest BCUT2D eigenvalue weighted by molar-refractivity contribution is -0.139. The first-order valence-corrected chi connectivity index (χ1v) is 7.57. The Balaban J connectivity index is 1.90. The zero-order valence-electron chi connectivity index (χ0n) is 13.5. The quantitative estimate of drug-likeness (QED) is 0.609. The van der Waals surface area contributed by atoms with E-state index in [1.165, 1.54) is 4.90 Å². The molecule has 118 valence electrons. The fourth-order valence-electron chi connectivity index (χ4n) is 4.05. The van der Waals surface area contributed by atoms with Crippen LogP contribution in [0.1, 0.15) is 40.5 Å². The van der Waals surface area contributed by atoms with Crippen LogP contribution in [0.4, 0.5) is 4.79 Å². The van der Waals surface area contributed by atoms with Crippen molar-refractivity contribution in [2.75, 3.05) is 20.2 Å². The molecule has 1 spiro atoms. The average molecular weight is 295 g/mol. The lowest BCUT2D eigenvalue weighted by Gasteiger charge is -2.56. The van der Waals surface area contributed by atoms with Crippen LogP contribution in [0.3, 0.4) is 0 Å². The number of imide groups is 1. The van der Waals surface area contributed by atoms with Crippen molar-refractivity contribution in [3.8, 4) is 0 Å². The molecule has 1 atom stereocenters. The number of rotatable bonds is 2. The van der Waals surface area contributed by atoms with Crippen molar-refractivity contribution in [1.29, 1.82) is 0 Å². The Hall–Kier alpha value is -1.14. The maximum Gasteiger partial charge on any atom is 0.325 e. The minimum atomic E-state index is -0.772. The first-order chi connectivity index (χ1) is 9.57. The molecule has 3 heterocycles. The van der Waals surface area contributed by atoms with Gasteiger partial charge in [-0.3, -0.25) is 14.6 Å². The highest BCUT2D eigenvalue weighted by Gasteiger charge is 2.60. The Morgan fingerprint density at radius 2 is 1.71 bits per heavy atom. The van der Waals surface area contributed by atoms with Crippen molar-refractivity contribution in [1.82, 2.24) is 15.1 Å². The zero-order valence-corrected chi connectivity index (χ0v) is 13.5. The Labute approximate surface area is 125 Å². The van der Waals surface area contributed by atoms with Gasteiger partial charge in [-0.05, 0) is 47.6 Å². The number of hydrogen-bond donors (Lipinski definition) is 1. The maximum absolute atomic E-state index is 12.9. The van der Waals surface area contributed by atoms with E-state index in [1.807, 2.05) is 0 Å². The minimum Gasteiger partial charge on any atom is -0.371 e. The van der Waals surface area contributed by atoms with Crippen LogP contribution in [-0.4, -0.2) is 64.7 Å². The normalized spacial score (nSPS) is 33.4. The van der Waals surface area contributed by atoms with Crippen LogP contribution in [-0.2, 0) is 9.53 Å². The second kappa shape index (κ2) is 4.20. The van der Waals surface area contributed by atoms with E-state index in [1.54, 1.807) is 0 Å². The summed E-state index contributed by atoms with van der Waals surface area (Å²) >= 11 is 0. The highest BCUT2D eigenvalue weighted by Crippen LogP contribution is 2.45. The van der Waals surface area contributed by atoms with Crippen molar-refractivity contribution in [3.05, 3.63) is 0 Å². The molecular formula is C15H25N3O3. The predicted molar refractivity (Wildman–Crippen MR) is 77.9 cm³/mol. The standard InChI is InChI=1S/C15H25N3O3/c1-13(2)8-15(9-14(3,4)17(13)5)11(19)18(12(20)16-15)6-10-7-21-10/h10H,6-9H2,1-5H3,(H,16,20). The predicted octanol–water partition coefficient (Wildman–Crippen LogP) is 0.959. The van der Waals surface area contributed by atoms with Crippen LogP contribution in [0, 0.1) is 0 Å². The molecule has 0 aliphatic carbocycles. The molecule has 1 unspecified atom stereocenters. The summed E-state index contributed by atoms with van der Waals surface area (Å²) in [6.07, 6.45) is 1.29. The van der Waals surface area contributed by atoms with Gasteiger partial charge in [0, 0.05) is 11.1 Å². The smallest absolute Gasteiger partial charge is 0.325 e. The van der Waals surface area contributed by atoms with Crippen LogP contribution in [0.5, 0.6) is 0 Å². The number of amides is 3. The summed E-state index contributed by atoms with van der Waals surface area (Å²) in [6, 6.07) is -0.272. The van der Waals surface area contributed by atoms with Crippen LogP contribution in [0.25, 0.3) is 0 Å². The molecule has 1 N–H and O–H groups in total. The highest BCUT2D eigenvalue weighted by atomic mass is 16.6. The number of ether oxygens (including phenoxy) is 1. The molecule has 0 aromatic rings. The van der Waals surface area contributed by atoms with E-state index >= 15 is 0 Å². The van der Waals surface area contributed by atoms with Crippen molar-refractivity contribution < 1.29 is 14.3 Å². The molecule has 3 fully saturated rings. The fourth-order valence-corrected chi connectivity index (χ4v) is 4.05. The van der Waals surface area contributed by atoms with E-state index in [0.717, 1.165) is 0 Å².